The Morgan fingerprint density at radius 3 is 2.82 bits per heavy atom. The van der Waals surface area contributed by atoms with Gasteiger partial charge in [-0.15, -0.1) is 0 Å². The number of carbonyl (C=O) groups excluding carboxylic acids is 2. The molecule has 1 amide bonds. The van der Waals surface area contributed by atoms with E-state index < -0.39 is 0 Å². The maximum absolute atomic E-state index is 11.9. The molecule has 0 saturated carbocycles. The van der Waals surface area contributed by atoms with Gasteiger partial charge in [0.25, 0.3) is 0 Å². The van der Waals surface area contributed by atoms with Crippen LogP contribution in [0.1, 0.15) is 24.8 Å². The molecule has 1 heterocycles. The number of fused-ring (bicyclic) bond motifs is 1. The van der Waals surface area contributed by atoms with Gasteiger partial charge in [-0.3, -0.25) is 9.59 Å². The highest BCUT2D eigenvalue weighted by molar-refractivity contribution is 6.03. The fourth-order valence-electron chi connectivity index (χ4n) is 2.23. The SMILES string of the molecule is CNC(CC1C(=O)Nc2ccccc21)C(C)=O. The van der Waals surface area contributed by atoms with Gasteiger partial charge in [0, 0.05) is 5.69 Å². The molecule has 4 heteroatoms. The monoisotopic (exact) mass is 232 g/mol. The Morgan fingerprint density at radius 1 is 1.47 bits per heavy atom. The fourth-order valence-corrected chi connectivity index (χ4v) is 2.23. The van der Waals surface area contributed by atoms with Crippen molar-refractivity contribution in [3.8, 4) is 0 Å². The smallest absolute Gasteiger partial charge is 0.232 e. The van der Waals surface area contributed by atoms with Crippen molar-refractivity contribution in [2.75, 3.05) is 12.4 Å². The molecule has 2 unspecified atom stereocenters. The zero-order valence-electron chi connectivity index (χ0n) is 9.99. The van der Waals surface area contributed by atoms with Crippen LogP contribution in [-0.4, -0.2) is 24.8 Å². The minimum absolute atomic E-state index is 0.0206. The summed E-state index contributed by atoms with van der Waals surface area (Å²) in [7, 11) is 1.74. The maximum Gasteiger partial charge on any atom is 0.232 e. The number of para-hydroxylation sites is 1. The molecule has 0 spiro atoms. The molecule has 90 valence electrons. The van der Waals surface area contributed by atoms with E-state index in [1.54, 1.807) is 14.0 Å². The van der Waals surface area contributed by atoms with Crippen LogP contribution in [0.15, 0.2) is 24.3 Å². The average molecular weight is 232 g/mol. The van der Waals surface area contributed by atoms with Crippen LogP contribution in [0.25, 0.3) is 0 Å². The lowest BCUT2D eigenvalue weighted by atomic mass is 9.92. The summed E-state index contributed by atoms with van der Waals surface area (Å²) < 4.78 is 0. The highest BCUT2D eigenvalue weighted by atomic mass is 16.2. The first kappa shape index (κ1) is 11.8. The van der Waals surface area contributed by atoms with Crippen molar-refractivity contribution in [3.63, 3.8) is 0 Å². The lowest BCUT2D eigenvalue weighted by Crippen LogP contribution is -2.35. The summed E-state index contributed by atoms with van der Waals surface area (Å²) in [6, 6.07) is 7.35. The minimum atomic E-state index is -0.267. The summed E-state index contributed by atoms with van der Waals surface area (Å²) in [6.07, 6.45) is 0.509. The van der Waals surface area contributed by atoms with Gasteiger partial charge in [-0.2, -0.15) is 0 Å². The predicted molar refractivity (Wildman–Crippen MR) is 66.0 cm³/mol. The number of hydrogen-bond acceptors (Lipinski definition) is 3. The quantitative estimate of drug-likeness (QED) is 0.822. The summed E-state index contributed by atoms with van der Waals surface area (Å²) >= 11 is 0. The van der Waals surface area contributed by atoms with Gasteiger partial charge in [0.1, 0.15) is 5.78 Å². The topological polar surface area (TPSA) is 58.2 Å². The first-order valence-corrected chi connectivity index (χ1v) is 5.71. The molecule has 1 aliphatic rings. The van der Waals surface area contributed by atoms with E-state index in [1.165, 1.54) is 0 Å². The standard InChI is InChI=1S/C13H16N2O2/c1-8(16)12(14-2)7-10-9-5-3-4-6-11(9)15-13(10)17/h3-6,10,12,14H,7H2,1-2H3,(H,15,17). The van der Waals surface area contributed by atoms with Crippen LogP contribution in [-0.2, 0) is 9.59 Å². The Kier molecular flexibility index (Phi) is 3.24. The van der Waals surface area contributed by atoms with Gasteiger partial charge >= 0.3 is 0 Å². The number of amides is 1. The minimum Gasteiger partial charge on any atom is -0.325 e. The Balaban J connectivity index is 2.22. The molecular formula is C13H16N2O2. The van der Waals surface area contributed by atoms with Crippen LogP contribution in [0.4, 0.5) is 5.69 Å². The van der Waals surface area contributed by atoms with Crippen molar-refractivity contribution in [2.45, 2.75) is 25.3 Å². The van der Waals surface area contributed by atoms with Gasteiger partial charge in [-0.25, -0.2) is 0 Å². The third kappa shape index (κ3) is 2.22. The van der Waals surface area contributed by atoms with Crippen molar-refractivity contribution in [1.29, 1.82) is 0 Å². The highest BCUT2D eigenvalue weighted by Gasteiger charge is 2.32. The van der Waals surface area contributed by atoms with Gasteiger partial charge in [0.15, 0.2) is 0 Å². The third-order valence-corrected chi connectivity index (χ3v) is 3.22. The molecule has 0 bridgehead atoms. The normalized spacial score (nSPS) is 19.6. The summed E-state index contributed by atoms with van der Waals surface area (Å²) in [5.41, 5.74) is 1.85. The molecule has 0 aliphatic carbocycles. The zero-order chi connectivity index (χ0) is 12.4. The van der Waals surface area contributed by atoms with Crippen LogP contribution in [0, 0.1) is 0 Å². The molecule has 2 N–H and O–H groups in total. The number of rotatable bonds is 4. The maximum atomic E-state index is 11.9. The number of Topliss-reactive ketones (excluding diaryl/α,β-unsaturated/α-hetero) is 1. The van der Waals surface area contributed by atoms with Crippen molar-refractivity contribution in [3.05, 3.63) is 29.8 Å². The second-order valence-electron chi connectivity index (χ2n) is 4.32. The predicted octanol–water partition coefficient (Wildman–Crippen LogP) is 1.29. The van der Waals surface area contributed by atoms with E-state index in [0.717, 1.165) is 11.3 Å². The number of carbonyl (C=O) groups is 2. The van der Waals surface area contributed by atoms with Gasteiger partial charge < -0.3 is 10.6 Å². The summed E-state index contributed by atoms with van der Waals surface area (Å²) in [4.78, 5) is 23.2. The molecule has 2 rings (SSSR count). The van der Waals surface area contributed by atoms with Crippen LogP contribution in [0.5, 0.6) is 0 Å². The van der Waals surface area contributed by atoms with E-state index >= 15 is 0 Å². The van der Waals surface area contributed by atoms with Gasteiger partial charge in [0.2, 0.25) is 5.91 Å². The first-order valence-electron chi connectivity index (χ1n) is 5.71. The average Bonchev–Trinajstić information content (AvgIpc) is 2.61. The molecule has 0 saturated heterocycles. The molecule has 1 aromatic carbocycles. The molecular weight excluding hydrogens is 216 g/mol. The second kappa shape index (κ2) is 4.67. The lowest BCUT2D eigenvalue weighted by molar-refractivity contribution is -0.120. The largest absolute Gasteiger partial charge is 0.325 e. The lowest BCUT2D eigenvalue weighted by Gasteiger charge is -2.16. The zero-order valence-corrected chi connectivity index (χ0v) is 9.99. The second-order valence-corrected chi connectivity index (χ2v) is 4.32. The van der Waals surface area contributed by atoms with Gasteiger partial charge in [-0.1, -0.05) is 18.2 Å². The summed E-state index contributed by atoms with van der Waals surface area (Å²) in [5.74, 6) is -0.190. The van der Waals surface area contributed by atoms with E-state index in [-0.39, 0.29) is 23.7 Å². The number of hydrogen-bond donors (Lipinski definition) is 2. The molecule has 2 atom stereocenters. The number of benzene rings is 1. The van der Waals surface area contributed by atoms with Crippen molar-refractivity contribution < 1.29 is 9.59 Å². The number of anilines is 1. The van der Waals surface area contributed by atoms with Gasteiger partial charge in [-0.05, 0) is 32.0 Å². The summed E-state index contributed by atoms with van der Waals surface area (Å²) in [5, 5.41) is 5.79. The molecule has 17 heavy (non-hydrogen) atoms. The number of likely N-dealkylation sites (N-methyl/N-ethyl adjacent to an activating group) is 1. The Labute approximate surface area is 100 Å². The number of ketones is 1. The van der Waals surface area contributed by atoms with E-state index in [4.69, 9.17) is 0 Å². The van der Waals surface area contributed by atoms with Crippen LogP contribution in [0.2, 0.25) is 0 Å². The van der Waals surface area contributed by atoms with Crippen molar-refractivity contribution in [2.24, 2.45) is 0 Å². The molecule has 0 fully saturated rings. The molecule has 1 aromatic rings. The highest BCUT2D eigenvalue weighted by Crippen LogP contribution is 2.34. The van der Waals surface area contributed by atoms with E-state index in [2.05, 4.69) is 10.6 Å². The third-order valence-electron chi connectivity index (χ3n) is 3.22. The Bertz CT molecular complexity index is 456. The summed E-state index contributed by atoms with van der Waals surface area (Å²) in [6.45, 7) is 1.54. The van der Waals surface area contributed by atoms with Crippen LogP contribution < -0.4 is 10.6 Å². The van der Waals surface area contributed by atoms with Crippen LogP contribution in [0.3, 0.4) is 0 Å². The van der Waals surface area contributed by atoms with Crippen molar-refractivity contribution in [1.82, 2.24) is 5.32 Å². The van der Waals surface area contributed by atoms with E-state index in [9.17, 15) is 9.59 Å². The Hall–Kier alpha value is -1.68. The van der Waals surface area contributed by atoms with E-state index in [1.807, 2.05) is 24.3 Å². The first-order chi connectivity index (χ1) is 8.13. The van der Waals surface area contributed by atoms with E-state index in [0.29, 0.717) is 6.42 Å². The molecule has 1 aliphatic heterocycles. The molecule has 0 radical (unpaired) electrons. The number of nitrogens with one attached hydrogen (secondary N) is 2. The van der Waals surface area contributed by atoms with Crippen LogP contribution >= 0.6 is 0 Å². The molecule has 4 nitrogen and oxygen atoms in total. The Morgan fingerprint density at radius 2 is 2.18 bits per heavy atom. The van der Waals surface area contributed by atoms with Crippen molar-refractivity contribution >= 4 is 17.4 Å². The fraction of sp³-hybridized carbons (Fsp3) is 0.385. The van der Waals surface area contributed by atoms with Gasteiger partial charge in [0.05, 0.1) is 12.0 Å². The molecule has 0 aromatic heterocycles.